The number of aliphatic carboxylic acids is 1. The molecule has 1 N–H and O–H groups in total. The molecule has 1 aliphatic heterocycles. The van der Waals surface area contributed by atoms with Crippen molar-refractivity contribution in [3.8, 4) is 0 Å². The number of hydrogen-bond donors (Lipinski definition) is 1. The van der Waals surface area contributed by atoms with Gasteiger partial charge in [-0.3, -0.25) is 14.9 Å². The molecule has 0 aliphatic carbocycles. The van der Waals surface area contributed by atoms with Crippen LogP contribution in [-0.4, -0.2) is 38.9 Å². The minimum atomic E-state index is -0.864. The summed E-state index contributed by atoms with van der Waals surface area (Å²) in [7, 11) is 0. The summed E-state index contributed by atoms with van der Waals surface area (Å²) in [6.45, 7) is 4.74. The molecule has 2 heterocycles. The quantitative estimate of drug-likeness (QED) is 0.632. The van der Waals surface area contributed by atoms with E-state index in [0.29, 0.717) is 31.1 Å². The number of hydrogen-bond acceptors (Lipinski definition) is 5. The summed E-state index contributed by atoms with van der Waals surface area (Å²) < 4.78 is 1.60. The Bertz CT molecular complexity index is 519. The Labute approximate surface area is 109 Å². The number of carboxylic acid groups (broad SMARTS) is 1. The molecule has 1 aromatic heterocycles. The lowest BCUT2D eigenvalue weighted by Gasteiger charge is -2.37. The standard InChI is InChI=1S/C11H16N4O4/c1-3-4-14-10(9(15(18)19)7(2)12-14)13-5-8(6-13)11(16)17/h8H,3-6H2,1-2H3,(H,16,17). The molecule has 0 radical (unpaired) electrons. The second-order valence-electron chi connectivity index (χ2n) is 4.68. The minimum Gasteiger partial charge on any atom is -0.481 e. The number of aryl methyl sites for hydroxylation is 2. The van der Waals surface area contributed by atoms with Crippen molar-refractivity contribution in [3.63, 3.8) is 0 Å². The number of rotatable bonds is 5. The average molecular weight is 268 g/mol. The van der Waals surface area contributed by atoms with Gasteiger partial charge >= 0.3 is 11.7 Å². The molecular weight excluding hydrogens is 252 g/mol. The molecule has 19 heavy (non-hydrogen) atoms. The van der Waals surface area contributed by atoms with Crippen molar-refractivity contribution in [2.75, 3.05) is 18.0 Å². The van der Waals surface area contributed by atoms with Crippen LogP contribution < -0.4 is 4.90 Å². The summed E-state index contributed by atoms with van der Waals surface area (Å²) in [5.41, 5.74) is 0.351. The third-order valence-electron chi connectivity index (χ3n) is 3.22. The number of nitrogens with zero attached hydrogens (tertiary/aromatic N) is 4. The van der Waals surface area contributed by atoms with Gasteiger partial charge in [-0.05, 0) is 13.3 Å². The molecular formula is C11H16N4O4. The molecule has 0 amide bonds. The molecule has 1 aromatic rings. The summed E-state index contributed by atoms with van der Waals surface area (Å²) in [6, 6.07) is 0. The maximum atomic E-state index is 11.1. The first kappa shape index (κ1) is 13.3. The third kappa shape index (κ3) is 2.25. The molecule has 2 rings (SSSR count). The van der Waals surface area contributed by atoms with E-state index in [1.54, 1.807) is 16.5 Å². The molecule has 1 aliphatic rings. The van der Waals surface area contributed by atoms with Crippen LogP contribution in [0.1, 0.15) is 19.0 Å². The highest BCUT2D eigenvalue weighted by molar-refractivity contribution is 5.75. The van der Waals surface area contributed by atoms with Crippen LogP contribution in [0, 0.1) is 23.0 Å². The molecule has 1 saturated heterocycles. The summed E-state index contributed by atoms with van der Waals surface area (Å²) in [5.74, 6) is -0.885. The fourth-order valence-corrected chi connectivity index (χ4v) is 2.26. The summed E-state index contributed by atoms with van der Waals surface area (Å²) >= 11 is 0. The Hall–Kier alpha value is -2.12. The van der Waals surface area contributed by atoms with Crippen molar-refractivity contribution in [2.45, 2.75) is 26.8 Å². The van der Waals surface area contributed by atoms with Gasteiger partial charge in [0.25, 0.3) is 0 Å². The third-order valence-corrected chi connectivity index (χ3v) is 3.22. The first-order valence-corrected chi connectivity index (χ1v) is 6.15. The Kier molecular flexibility index (Phi) is 3.41. The molecule has 104 valence electrons. The van der Waals surface area contributed by atoms with Crippen molar-refractivity contribution in [1.29, 1.82) is 0 Å². The SMILES string of the molecule is CCCn1nc(C)c([N+](=O)[O-])c1N1CC(C(=O)O)C1. The Morgan fingerprint density at radius 1 is 1.58 bits per heavy atom. The van der Waals surface area contributed by atoms with E-state index < -0.39 is 16.8 Å². The van der Waals surface area contributed by atoms with Crippen LogP contribution in [0.2, 0.25) is 0 Å². The maximum absolute atomic E-state index is 11.1. The second kappa shape index (κ2) is 4.87. The first-order chi connectivity index (χ1) is 8.95. The van der Waals surface area contributed by atoms with E-state index in [-0.39, 0.29) is 5.69 Å². The van der Waals surface area contributed by atoms with E-state index in [4.69, 9.17) is 5.11 Å². The molecule has 8 nitrogen and oxygen atoms in total. The normalized spacial score (nSPS) is 15.4. The number of carboxylic acids is 1. The van der Waals surface area contributed by atoms with Crippen molar-refractivity contribution in [2.24, 2.45) is 5.92 Å². The van der Waals surface area contributed by atoms with Crippen LogP contribution in [0.4, 0.5) is 11.5 Å². The predicted molar refractivity (Wildman–Crippen MR) is 67.2 cm³/mol. The van der Waals surface area contributed by atoms with Crippen molar-refractivity contribution in [3.05, 3.63) is 15.8 Å². The molecule has 0 saturated carbocycles. The van der Waals surface area contributed by atoms with Gasteiger partial charge in [-0.15, -0.1) is 0 Å². The molecule has 0 unspecified atom stereocenters. The fraction of sp³-hybridized carbons (Fsp3) is 0.636. The van der Waals surface area contributed by atoms with Crippen LogP contribution in [0.5, 0.6) is 0 Å². The van der Waals surface area contributed by atoms with Crippen LogP contribution in [0.25, 0.3) is 0 Å². The monoisotopic (exact) mass is 268 g/mol. The summed E-state index contributed by atoms with van der Waals surface area (Å²) in [4.78, 5) is 23.2. The van der Waals surface area contributed by atoms with Crippen LogP contribution in [0.3, 0.4) is 0 Å². The molecule has 0 atom stereocenters. The zero-order chi connectivity index (χ0) is 14.2. The fourth-order valence-electron chi connectivity index (χ4n) is 2.26. The van der Waals surface area contributed by atoms with Gasteiger partial charge in [0.05, 0.1) is 10.8 Å². The van der Waals surface area contributed by atoms with Crippen LogP contribution >= 0.6 is 0 Å². The van der Waals surface area contributed by atoms with Crippen LogP contribution in [-0.2, 0) is 11.3 Å². The molecule has 8 heteroatoms. The average Bonchev–Trinajstić information content (AvgIpc) is 2.53. The highest BCUT2D eigenvalue weighted by Crippen LogP contribution is 2.35. The van der Waals surface area contributed by atoms with E-state index in [1.807, 2.05) is 6.92 Å². The Balaban J connectivity index is 2.32. The topological polar surface area (TPSA) is 101 Å². The maximum Gasteiger partial charge on any atom is 0.333 e. The molecule has 0 aromatic carbocycles. The van der Waals surface area contributed by atoms with E-state index in [0.717, 1.165) is 6.42 Å². The van der Waals surface area contributed by atoms with E-state index >= 15 is 0 Å². The highest BCUT2D eigenvalue weighted by Gasteiger charge is 2.39. The van der Waals surface area contributed by atoms with Gasteiger partial charge in [0.15, 0.2) is 0 Å². The second-order valence-corrected chi connectivity index (χ2v) is 4.68. The minimum absolute atomic E-state index is 0.0164. The van der Waals surface area contributed by atoms with E-state index in [9.17, 15) is 14.9 Å². The van der Waals surface area contributed by atoms with Gasteiger partial charge in [0.1, 0.15) is 5.69 Å². The molecule has 0 bridgehead atoms. The lowest BCUT2D eigenvalue weighted by atomic mass is 10.0. The molecule has 0 spiro atoms. The number of anilines is 1. The van der Waals surface area contributed by atoms with Gasteiger partial charge in [-0.25, -0.2) is 4.68 Å². The van der Waals surface area contributed by atoms with Gasteiger partial charge in [-0.2, -0.15) is 5.10 Å². The smallest absolute Gasteiger partial charge is 0.333 e. The molecule has 1 fully saturated rings. The van der Waals surface area contributed by atoms with E-state index in [1.165, 1.54) is 0 Å². The van der Waals surface area contributed by atoms with Crippen molar-refractivity contribution < 1.29 is 14.8 Å². The number of carbonyl (C=O) groups is 1. The first-order valence-electron chi connectivity index (χ1n) is 6.15. The van der Waals surface area contributed by atoms with Crippen molar-refractivity contribution >= 4 is 17.5 Å². The van der Waals surface area contributed by atoms with Gasteiger partial charge in [-0.1, -0.05) is 6.92 Å². The highest BCUT2D eigenvalue weighted by atomic mass is 16.6. The van der Waals surface area contributed by atoms with Crippen LogP contribution in [0.15, 0.2) is 0 Å². The Morgan fingerprint density at radius 2 is 2.21 bits per heavy atom. The predicted octanol–water partition coefficient (Wildman–Crippen LogP) is 1.03. The van der Waals surface area contributed by atoms with E-state index in [2.05, 4.69) is 5.10 Å². The van der Waals surface area contributed by atoms with Crippen molar-refractivity contribution in [1.82, 2.24) is 9.78 Å². The summed E-state index contributed by atoms with van der Waals surface area (Å²) in [6.07, 6.45) is 0.807. The lowest BCUT2D eigenvalue weighted by Crippen LogP contribution is -2.51. The zero-order valence-corrected chi connectivity index (χ0v) is 10.9. The largest absolute Gasteiger partial charge is 0.481 e. The van der Waals surface area contributed by atoms with Gasteiger partial charge in [0, 0.05) is 19.6 Å². The zero-order valence-electron chi connectivity index (χ0n) is 10.9. The van der Waals surface area contributed by atoms with Gasteiger partial charge in [0.2, 0.25) is 5.82 Å². The summed E-state index contributed by atoms with van der Waals surface area (Å²) in [5, 5.41) is 24.2. The number of aromatic nitrogens is 2. The van der Waals surface area contributed by atoms with Gasteiger partial charge < -0.3 is 10.0 Å². The Morgan fingerprint density at radius 3 is 2.68 bits per heavy atom. The number of nitro groups is 1. The lowest BCUT2D eigenvalue weighted by molar-refractivity contribution is -0.384.